The van der Waals surface area contributed by atoms with Crippen molar-refractivity contribution in [2.75, 3.05) is 70.8 Å². The van der Waals surface area contributed by atoms with Crippen LogP contribution in [0.5, 0.6) is 0 Å². The van der Waals surface area contributed by atoms with Crippen molar-refractivity contribution < 1.29 is 31.4 Å². The number of anilines is 1. The number of unbranched alkanes of at least 4 members (excludes halogenated alkanes) is 3. The number of aryl methyl sites for hydroxylation is 1. The molecule has 0 bridgehead atoms. The number of ether oxygens (including phenoxy) is 2. The van der Waals surface area contributed by atoms with E-state index in [4.69, 9.17) is 29.8 Å². The first-order valence-electron chi connectivity index (χ1n) is 16.8. The zero-order valence-electron chi connectivity index (χ0n) is 29.2. The van der Waals surface area contributed by atoms with Gasteiger partial charge in [0.15, 0.2) is 0 Å². The number of nitrogens with zero attached hydrogens (tertiary/aromatic N) is 2. The number of carbonyl (C=O) groups is 1. The third kappa shape index (κ3) is 10.8. The molecule has 0 radical (unpaired) electrons. The molecule has 0 spiro atoms. The molecule has 2 aromatic carbocycles. The van der Waals surface area contributed by atoms with Crippen LogP contribution in [0.15, 0.2) is 59.0 Å². The van der Waals surface area contributed by atoms with E-state index in [0.29, 0.717) is 61.3 Å². The van der Waals surface area contributed by atoms with Crippen molar-refractivity contribution in [3.63, 3.8) is 0 Å². The molecule has 4 rings (SSSR count). The zero-order valence-corrected chi connectivity index (χ0v) is 30.8. The summed E-state index contributed by atoms with van der Waals surface area (Å²) in [5.41, 5.74) is 5.37. The highest BCUT2D eigenvalue weighted by Crippen LogP contribution is 2.42. The number of rotatable bonds is 19. The number of hydroxylamine groups is 1. The first-order valence-corrected chi connectivity index (χ1v) is 18.9. The molecule has 2 aromatic rings. The van der Waals surface area contributed by atoms with Crippen LogP contribution in [0.1, 0.15) is 54.9 Å². The summed E-state index contributed by atoms with van der Waals surface area (Å²) in [6.07, 6.45) is 4.77. The molecule has 1 amide bonds. The van der Waals surface area contributed by atoms with Gasteiger partial charge in [-0.15, -0.1) is 15.9 Å². The molecule has 0 unspecified atom stereocenters. The molecule has 10 nitrogen and oxygen atoms in total. The molecule has 0 fully saturated rings. The number of carbonyl (C=O) groups excluding carboxylic acids is 1. The van der Waals surface area contributed by atoms with E-state index in [1.807, 2.05) is 68.1 Å². The number of fused-ring (bicyclic) bond motifs is 2. The Morgan fingerprint density at radius 3 is 2.37 bits per heavy atom. The van der Waals surface area contributed by atoms with E-state index in [0.717, 1.165) is 65.3 Å². The molecule has 49 heavy (non-hydrogen) atoms. The Hall–Kier alpha value is -3.48. The fraction of sp³-hybridized carbons (Fsp3) is 0.459. The lowest BCUT2D eigenvalue weighted by Gasteiger charge is -2.20. The van der Waals surface area contributed by atoms with Crippen LogP contribution >= 0.6 is 11.6 Å². The molecular formula is C37H49ClN3O7S+. The van der Waals surface area contributed by atoms with Crippen LogP contribution in [-0.2, 0) is 23.9 Å². The molecule has 12 heteroatoms. The summed E-state index contributed by atoms with van der Waals surface area (Å²) in [7, 11) is 1.76. The van der Waals surface area contributed by atoms with Crippen molar-refractivity contribution in [2.24, 2.45) is 0 Å². The van der Waals surface area contributed by atoms with Crippen LogP contribution in [0, 0.1) is 6.92 Å². The second-order valence-electron chi connectivity index (χ2n) is 12.2. The lowest BCUT2D eigenvalue weighted by Crippen LogP contribution is -2.27. The van der Waals surface area contributed by atoms with Crippen LogP contribution in [0.3, 0.4) is 0 Å². The fourth-order valence-corrected chi connectivity index (χ4v) is 6.72. The van der Waals surface area contributed by atoms with E-state index in [9.17, 15) is 13.2 Å². The third-order valence-corrected chi connectivity index (χ3v) is 9.71. The number of alkyl halides is 1. The average Bonchev–Trinajstić information content (AvgIpc) is 3.06. The van der Waals surface area contributed by atoms with Gasteiger partial charge in [0.1, 0.15) is 25.4 Å². The second kappa shape index (κ2) is 18.5. The van der Waals surface area contributed by atoms with Gasteiger partial charge in [0.2, 0.25) is 5.36 Å². The summed E-state index contributed by atoms with van der Waals surface area (Å²) >= 11 is 5.70. The smallest absolute Gasteiger partial charge is 0.288 e. The van der Waals surface area contributed by atoms with Gasteiger partial charge < -0.3 is 19.2 Å². The maximum absolute atomic E-state index is 13.0. The van der Waals surface area contributed by atoms with Crippen molar-refractivity contribution >= 4 is 44.3 Å². The van der Waals surface area contributed by atoms with Crippen molar-refractivity contribution in [2.45, 2.75) is 46.0 Å². The van der Waals surface area contributed by atoms with Gasteiger partial charge in [-0.1, -0.05) is 25.8 Å². The average molecular weight is 715 g/mol. The molecular weight excluding hydrogens is 666 g/mol. The zero-order chi connectivity index (χ0) is 35.4. The van der Waals surface area contributed by atoms with Gasteiger partial charge in [0.05, 0.1) is 37.3 Å². The number of hydrogen-bond acceptors (Lipinski definition) is 8. The maximum Gasteiger partial charge on any atom is 0.288 e. The predicted molar refractivity (Wildman–Crippen MR) is 197 cm³/mol. The quantitative estimate of drug-likeness (QED) is 0.0401. The summed E-state index contributed by atoms with van der Waals surface area (Å²) < 4.78 is 49.6. The Labute approximate surface area is 295 Å². The largest absolute Gasteiger partial charge is 0.456 e. The first kappa shape index (κ1) is 38.3. The summed E-state index contributed by atoms with van der Waals surface area (Å²) in [6, 6.07) is 17.2. The van der Waals surface area contributed by atoms with E-state index in [-0.39, 0.29) is 11.7 Å². The number of benzene rings is 3. The van der Waals surface area contributed by atoms with E-state index in [2.05, 4.69) is 5.32 Å². The van der Waals surface area contributed by atoms with Crippen LogP contribution in [0.25, 0.3) is 33.4 Å². The molecule has 0 aromatic heterocycles. The highest BCUT2D eigenvalue weighted by molar-refractivity contribution is 7.86. The third-order valence-electron chi connectivity index (χ3n) is 8.08. The number of hydrogen-bond donors (Lipinski definition) is 1. The standard InChI is InChI=1S/C37H48ClN3O7S/c1-6-23-49(43,44)48-41(5)30-13-16-33-35(26-30)47-34-25-29(40(3)4)12-15-32(34)36(33)31-14-11-28(24-27(31)2)37(42)39-18-20-46-22-21-45-19-10-8-7-9-17-38/h11-16,24-26H,6-10,17-23H2,1-5H3/p+1. The topological polar surface area (TPSA) is 110 Å². The lowest BCUT2D eigenvalue weighted by atomic mass is 9.90. The Balaban J connectivity index is 1.51. The van der Waals surface area contributed by atoms with E-state index < -0.39 is 10.1 Å². The number of nitrogens with one attached hydrogen (secondary N) is 1. The van der Waals surface area contributed by atoms with Crippen LogP contribution in [-0.4, -0.2) is 80.1 Å². The molecule has 266 valence electrons. The van der Waals surface area contributed by atoms with E-state index in [1.165, 1.54) is 5.06 Å². The molecule has 1 N–H and O–H groups in total. The van der Waals surface area contributed by atoms with Crippen molar-refractivity contribution in [1.82, 2.24) is 9.89 Å². The van der Waals surface area contributed by atoms with Crippen LogP contribution in [0.4, 0.5) is 5.69 Å². The van der Waals surface area contributed by atoms with E-state index >= 15 is 0 Å². The van der Waals surface area contributed by atoms with Gasteiger partial charge in [-0.25, -0.2) is 9.64 Å². The molecule has 0 atom stereocenters. The highest BCUT2D eigenvalue weighted by atomic mass is 35.5. The summed E-state index contributed by atoms with van der Waals surface area (Å²) in [4.78, 5) is 13.0. The summed E-state index contributed by atoms with van der Waals surface area (Å²) in [5.74, 6) is 1.13. The van der Waals surface area contributed by atoms with Crippen molar-refractivity contribution in [3.05, 3.63) is 71.1 Å². The monoisotopic (exact) mass is 714 g/mol. The SMILES string of the molecule is CCCS(=O)(=O)ON(C)c1ccc2c(-c3ccc(C(=O)NCCOCCOCCCCCCCl)cc3C)c3ccc(=[N+](C)C)cc-3oc2c1. The Bertz CT molecular complexity index is 1850. The first-order chi connectivity index (χ1) is 23.5. The fourth-order valence-electron chi connectivity index (χ4n) is 5.53. The van der Waals surface area contributed by atoms with Gasteiger partial charge >= 0.3 is 0 Å². The summed E-state index contributed by atoms with van der Waals surface area (Å²) in [5, 5.41) is 5.99. The predicted octanol–water partition coefficient (Wildman–Crippen LogP) is 6.21. The lowest BCUT2D eigenvalue weighted by molar-refractivity contribution is 0.0468. The maximum atomic E-state index is 13.0. The molecule has 0 saturated carbocycles. The molecule has 1 aliphatic heterocycles. The molecule has 1 aliphatic carbocycles. The summed E-state index contributed by atoms with van der Waals surface area (Å²) in [6.45, 7) is 6.29. The molecule has 1 heterocycles. The Morgan fingerprint density at radius 2 is 1.65 bits per heavy atom. The number of halogens is 1. The highest BCUT2D eigenvalue weighted by Gasteiger charge is 2.22. The minimum Gasteiger partial charge on any atom is -0.456 e. The van der Waals surface area contributed by atoms with Gasteiger partial charge in [-0.3, -0.25) is 4.79 Å². The minimum atomic E-state index is -3.72. The molecule has 0 saturated heterocycles. The second-order valence-corrected chi connectivity index (χ2v) is 14.2. The Morgan fingerprint density at radius 1 is 0.918 bits per heavy atom. The van der Waals surface area contributed by atoms with Crippen molar-refractivity contribution in [3.8, 4) is 22.5 Å². The minimum absolute atomic E-state index is 0.0788. The van der Waals surface area contributed by atoms with Crippen LogP contribution < -0.4 is 20.3 Å². The Kier molecular flexibility index (Phi) is 14.5. The normalized spacial score (nSPS) is 11.7. The van der Waals surface area contributed by atoms with Crippen molar-refractivity contribution in [1.29, 1.82) is 0 Å². The van der Waals surface area contributed by atoms with E-state index in [1.54, 1.807) is 26.1 Å². The van der Waals surface area contributed by atoms with Crippen LogP contribution in [0.2, 0.25) is 0 Å². The van der Waals surface area contributed by atoms with Gasteiger partial charge in [-0.2, -0.15) is 8.42 Å². The molecule has 2 aliphatic rings. The number of amides is 1. The van der Waals surface area contributed by atoms with Gasteiger partial charge in [-0.05, 0) is 67.6 Å². The van der Waals surface area contributed by atoms with Gasteiger partial charge in [0, 0.05) is 60.3 Å². The van der Waals surface area contributed by atoms with Gasteiger partial charge in [0.25, 0.3) is 16.0 Å².